The standard InChI is InChI=1S/C27H36BClN4O5/c1-26(2)27(3,4)38-28(37-26)18-8-6-9-19(23(18)29)30-24(34)20-16-22-21(10-7-13-33(22)31-20)32-14-11-17(12-15-32)25(35)36-5/h6,8-9,16-17,21H,7,10-15H2,1-5H3,(H,30,34)/t21-/m0/s1. The third-order valence-corrected chi connectivity index (χ3v) is 8.94. The summed E-state index contributed by atoms with van der Waals surface area (Å²) in [7, 11) is 0.815. The second-order valence-corrected chi connectivity index (χ2v) is 11.8. The number of hydrogen-bond acceptors (Lipinski definition) is 7. The van der Waals surface area contributed by atoms with Gasteiger partial charge in [-0.2, -0.15) is 5.10 Å². The highest BCUT2D eigenvalue weighted by Gasteiger charge is 2.52. The van der Waals surface area contributed by atoms with Gasteiger partial charge in [-0.15, -0.1) is 0 Å². The molecule has 1 N–H and O–H groups in total. The molecule has 38 heavy (non-hydrogen) atoms. The first-order valence-corrected chi connectivity index (χ1v) is 13.7. The van der Waals surface area contributed by atoms with E-state index in [0.29, 0.717) is 21.9 Å². The number of piperidine rings is 1. The molecule has 0 spiro atoms. The molecule has 0 bridgehead atoms. The summed E-state index contributed by atoms with van der Waals surface area (Å²) in [5.41, 5.74) is 1.55. The number of carbonyl (C=O) groups is 2. The van der Waals surface area contributed by atoms with E-state index in [1.165, 1.54) is 7.11 Å². The molecule has 9 nitrogen and oxygen atoms in total. The van der Waals surface area contributed by atoms with Gasteiger partial charge in [0, 0.05) is 12.0 Å². The van der Waals surface area contributed by atoms with E-state index in [-0.39, 0.29) is 23.8 Å². The van der Waals surface area contributed by atoms with Crippen molar-refractivity contribution in [3.63, 3.8) is 0 Å². The molecule has 0 radical (unpaired) electrons. The Labute approximate surface area is 229 Å². The quantitative estimate of drug-likeness (QED) is 0.453. The predicted molar refractivity (Wildman–Crippen MR) is 146 cm³/mol. The van der Waals surface area contributed by atoms with E-state index in [2.05, 4.69) is 15.3 Å². The van der Waals surface area contributed by atoms with Crippen molar-refractivity contribution in [3.8, 4) is 0 Å². The first-order chi connectivity index (χ1) is 18.0. The summed E-state index contributed by atoms with van der Waals surface area (Å²) in [6.07, 6.45) is 3.54. The zero-order chi connectivity index (χ0) is 27.2. The molecular weight excluding hydrogens is 507 g/mol. The molecule has 1 amide bonds. The van der Waals surface area contributed by atoms with E-state index in [1.807, 2.05) is 50.6 Å². The van der Waals surface area contributed by atoms with Gasteiger partial charge in [0.15, 0.2) is 5.69 Å². The van der Waals surface area contributed by atoms with Crippen LogP contribution < -0.4 is 10.8 Å². The molecule has 204 valence electrons. The average molecular weight is 543 g/mol. The third-order valence-electron chi connectivity index (χ3n) is 8.52. The largest absolute Gasteiger partial charge is 0.496 e. The summed E-state index contributed by atoms with van der Waals surface area (Å²) in [5.74, 6) is -0.481. The fourth-order valence-electron chi connectivity index (χ4n) is 5.54. The average Bonchev–Trinajstić information content (AvgIpc) is 3.42. The van der Waals surface area contributed by atoms with Gasteiger partial charge in [-0.25, -0.2) is 0 Å². The van der Waals surface area contributed by atoms with Gasteiger partial charge in [-0.3, -0.25) is 19.2 Å². The van der Waals surface area contributed by atoms with Gasteiger partial charge in [0.25, 0.3) is 5.91 Å². The molecule has 3 aliphatic heterocycles. The highest BCUT2D eigenvalue weighted by Crippen LogP contribution is 2.38. The van der Waals surface area contributed by atoms with E-state index in [1.54, 1.807) is 6.07 Å². The number of methoxy groups -OCH3 is 1. The number of nitrogens with zero attached hydrogens (tertiary/aromatic N) is 3. The number of aryl methyl sites for hydroxylation is 1. The molecule has 11 heteroatoms. The van der Waals surface area contributed by atoms with Crippen LogP contribution in [0.25, 0.3) is 0 Å². The minimum absolute atomic E-state index is 0.0382. The zero-order valence-electron chi connectivity index (χ0n) is 22.8. The number of benzene rings is 1. The van der Waals surface area contributed by atoms with E-state index < -0.39 is 18.3 Å². The van der Waals surface area contributed by atoms with Crippen molar-refractivity contribution in [2.24, 2.45) is 5.92 Å². The molecule has 1 aromatic carbocycles. The van der Waals surface area contributed by atoms with Gasteiger partial charge in [-0.1, -0.05) is 23.7 Å². The van der Waals surface area contributed by atoms with Crippen LogP contribution >= 0.6 is 11.6 Å². The van der Waals surface area contributed by atoms with Crippen LogP contribution in [0.2, 0.25) is 5.02 Å². The molecular formula is C27H36BClN4O5. The molecule has 3 aliphatic rings. The molecule has 1 aromatic heterocycles. The fourth-order valence-corrected chi connectivity index (χ4v) is 5.80. The minimum atomic E-state index is -0.631. The molecule has 5 rings (SSSR count). The number of fused-ring (bicyclic) bond motifs is 1. The summed E-state index contributed by atoms with van der Waals surface area (Å²) in [6, 6.07) is 7.50. The highest BCUT2D eigenvalue weighted by atomic mass is 35.5. The lowest BCUT2D eigenvalue weighted by Gasteiger charge is -2.38. The zero-order valence-corrected chi connectivity index (χ0v) is 23.5. The summed E-state index contributed by atoms with van der Waals surface area (Å²) in [6.45, 7) is 10.4. The minimum Gasteiger partial charge on any atom is -0.469 e. The van der Waals surface area contributed by atoms with Gasteiger partial charge in [-0.05, 0) is 78.6 Å². The van der Waals surface area contributed by atoms with Crippen LogP contribution in [0.4, 0.5) is 5.69 Å². The van der Waals surface area contributed by atoms with Crippen LogP contribution in [0.1, 0.15) is 75.6 Å². The Morgan fingerprint density at radius 1 is 1.11 bits per heavy atom. The normalized spacial score (nSPS) is 23.2. The Bertz CT molecular complexity index is 1210. The summed E-state index contributed by atoms with van der Waals surface area (Å²) in [4.78, 5) is 27.6. The number of rotatable bonds is 5. The van der Waals surface area contributed by atoms with Crippen molar-refractivity contribution in [3.05, 3.63) is 40.7 Å². The number of amides is 1. The number of likely N-dealkylation sites (tertiary alicyclic amines) is 1. The Morgan fingerprint density at radius 3 is 2.45 bits per heavy atom. The lowest BCUT2D eigenvalue weighted by Crippen LogP contribution is -2.41. The van der Waals surface area contributed by atoms with Gasteiger partial charge in [0.05, 0.1) is 46.7 Å². The van der Waals surface area contributed by atoms with E-state index in [0.717, 1.165) is 51.0 Å². The molecule has 4 heterocycles. The monoisotopic (exact) mass is 542 g/mol. The van der Waals surface area contributed by atoms with Crippen molar-refractivity contribution >= 4 is 41.7 Å². The second-order valence-electron chi connectivity index (χ2n) is 11.4. The number of aromatic nitrogens is 2. The maximum absolute atomic E-state index is 13.3. The van der Waals surface area contributed by atoms with Gasteiger partial charge in [0.2, 0.25) is 0 Å². The van der Waals surface area contributed by atoms with Crippen molar-refractivity contribution in [2.75, 3.05) is 25.5 Å². The first-order valence-electron chi connectivity index (χ1n) is 13.4. The maximum atomic E-state index is 13.3. The van der Waals surface area contributed by atoms with Crippen LogP contribution in [0.15, 0.2) is 24.3 Å². The van der Waals surface area contributed by atoms with Crippen molar-refractivity contribution in [2.45, 2.75) is 77.2 Å². The number of nitrogens with one attached hydrogen (secondary N) is 1. The van der Waals surface area contributed by atoms with E-state index in [9.17, 15) is 9.59 Å². The number of ether oxygens (including phenoxy) is 1. The van der Waals surface area contributed by atoms with Crippen LogP contribution in [0.5, 0.6) is 0 Å². The lowest BCUT2D eigenvalue weighted by atomic mass is 9.79. The Balaban J connectivity index is 1.30. The van der Waals surface area contributed by atoms with Crippen LogP contribution in [0.3, 0.4) is 0 Å². The van der Waals surface area contributed by atoms with E-state index in [4.69, 9.17) is 25.6 Å². The SMILES string of the molecule is COC(=O)C1CCN([C@H]2CCCn3nc(C(=O)Nc4cccc(B5OC(C)(C)C(C)(C)O5)c4Cl)cc32)CC1. The number of carbonyl (C=O) groups excluding carboxylic acids is 2. The number of halogens is 1. The summed E-state index contributed by atoms with van der Waals surface area (Å²) < 4.78 is 19.2. The Morgan fingerprint density at radius 2 is 1.79 bits per heavy atom. The molecule has 1 atom stereocenters. The Kier molecular flexibility index (Phi) is 7.37. The molecule has 2 saturated heterocycles. The van der Waals surface area contributed by atoms with Crippen LogP contribution in [-0.4, -0.2) is 65.1 Å². The maximum Gasteiger partial charge on any atom is 0.496 e. The fraction of sp³-hybridized carbons (Fsp3) is 0.593. The highest BCUT2D eigenvalue weighted by molar-refractivity contribution is 6.66. The van der Waals surface area contributed by atoms with Gasteiger partial charge in [0.1, 0.15) is 0 Å². The molecule has 2 aromatic rings. The van der Waals surface area contributed by atoms with Gasteiger partial charge >= 0.3 is 13.1 Å². The lowest BCUT2D eigenvalue weighted by molar-refractivity contribution is -0.147. The predicted octanol–water partition coefficient (Wildman–Crippen LogP) is 3.81. The smallest absolute Gasteiger partial charge is 0.469 e. The number of anilines is 1. The van der Waals surface area contributed by atoms with Crippen LogP contribution in [-0.2, 0) is 25.4 Å². The van der Waals surface area contributed by atoms with Crippen LogP contribution in [0, 0.1) is 5.92 Å². The van der Waals surface area contributed by atoms with Gasteiger partial charge < -0.3 is 19.4 Å². The topological polar surface area (TPSA) is 94.9 Å². The molecule has 2 fully saturated rings. The number of esters is 1. The molecule has 0 aliphatic carbocycles. The van der Waals surface area contributed by atoms with Crippen molar-refractivity contribution < 1.29 is 23.6 Å². The molecule has 0 saturated carbocycles. The third kappa shape index (κ3) is 4.99. The number of hydrogen-bond donors (Lipinski definition) is 1. The summed E-state index contributed by atoms with van der Waals surface area (Å²) in [5, 5.41) is 7.95. The van der Waals surface area contributed by atoms with Crippen molar-refractivity contribution in [1.82, 2.24) is 14.7 Å². The Hall–Kier alpha value is -2.40. The molecule has 0 unspecified atom stereocenters. The summed E-state index contributed by atoms with van der Waals surface area (Å²) >= 11 is 6.74. The second kappa shape index (κ2) is 10.3. The van der Waals surface area contributed by atoms with Crippen molar-refractivity contribution in [1.29, 1.82) is 0 Å². The first kappa shape index (κ1) is 27.2. The van der Waals surface area contributed by atoms with E-state index >= 15 is 0 Å².